The van der Waals surface area contributed by atoms with Crippen LogP contribution in [0.2, 0.25) is 0 Å². The van der Waals surface area contributed by atoms with Gasteiger partial charge in [-0.25, -0.2) is 4.98 Å². The van der Waals surface area contributed by atoms with E-state index in [9.17, 15) is 4.79 Å². The molecule has 4 aromatic rings. The third-order valence-corrected chi connectivity index (χ3v) is 4.58. The lowest BCUT2D eigenvalue weighted by Crippen LogP contribution is -2.23. The average molecular weight is 387 g/mol. The number of nitrogens with zero attached hydrogens (tertiary/aromatic N) is 4. The molecule has 29 heavy (non-hydrogen) atoms. The summed E-state index contributed by atoms with van der Waals surface area (Å²) < 4.78 is 7.12. The maximum atomic E-state index is 12.6. The van der Waals surface area contributed by atoms with Gasteiger partial charge < -0.3 is 10.1 Å². The van der Waals surface area contributed by atoms with E-state index in [4.69, 9.17) is 4.74 Å². The molecule has 0 aliphatic heterocycles. The van der Waals surface area contributed by atoms with Crippen LogP contribution in [-0.2, 0) is 6.54 Å². The molecular formula is C22H21N5O2. The van der Waals surface area contributed by atoms with Gasteiger partial charge in [-0.2, -0.15) is 4.68 Å². The molecule has 0 radical (unpaired) electrons. The highest BCUT2D eigenvalue weighted by molar-refractivity contribution is 5.94. The van der Waals surface area contributed by atoms with Gasteiger partial charge >= 0.3 is 0 Å². The third-order valence-electron chi connectivity index (χ3n) is 4.58. The fourth-order valence-corrected chi connectivity index (χ4v) is 3.12. The molecule has 146 valence electrons. The van der Waals surface area contributed by atoms with E-state index in [1.54, 1.807) is 16.9 Å². The molecule has 4 rings (SSSR count). The molecule has 0 bridgehead atoms. The smallest absolute Gasteiger partial charge is 0.251 e. The molecule has 7 nitrogen and oxygen atoms in total. The quantitative estimate of drug-likeness (QED) is 0.548. The Hall–Kier alpha value is -3.74. The number of carbonyl (C=O) groups is 1. The van der Waals surface area contributed by atoms with E-state index in [0.29, 0.717) is 24.4 Å². The van der Waals surface area contributed by atoms with Crippen molar-refractivity contribution in [1.82, 2.24) is 25.3 Å². The lowest BCUT2D eigenvalue weighted by Gasteiger charge is -2.10. The normalized spacial score (nSPS) is 10.8. The number of hydrogen-bond acceptors (Lipinski definition) is 5. The number of fused-ring (bicyclic) bond motifs is 1. The molecule has 0 spiro atoms. The molecule has 0 unspecified atom stereocenters. The van der Waals surface area contributed by atoms with Crippen LogP contribution >= 0.6 is 0 Å². The van der Waals surface area contributed by atoms with Gasteiger partial charge in [0.1, 0.15) is 11.3 Å². The van der Waals surface area contributed by atoms with Gasteiger partial charge in [-0.05, 0) is 67.4 Å². The highest BCUT2D eigenvalue weighted by Crippen LogP contribution is 2.19. The summed E-state index contributed by atoms with van der Waals surface area (Å²) in [5.41, 5.74) is 4.77. The summed E-state index contributed by atoms with van der Waals surface area (Å²) in [5, 5.41) is 11.3. The highest BCUT2D eigenvalue weighted by atomic mass is 16.5. The van der Waals surface area contributed by atoms with Crippen molar-refractivity contribution in [3.05, 3.63) is 77.5 Å². The van der Waals surface area contributed by atoms with Crippen molar-refractivity contribution in [1.29, 1.82) is 0 Å². The van der Waals surface area contributed by atoms with E-state index in [0.717, 1.165) is 28.1 Å². The van der Waals surface area contributed by atoms with Crippen LogP contribution in [0.3, 0.4) is 0 Å². The van der Waals surface area contributed by atoms with Crippen molar-refractivity contribution in [3.63, 3.8) is 0 Å². The molecular weight excluding hydrogens is 366 g/mol. The number of carbonyl (C=O) groups excluding carboxylic acids is 1. The summed E-state index contributed by atoms with van der Waals surface area (Å²) in [4.78, 5) is 16.9. The third kappa shape index (κ3) is 3.94. The van der Waals surface area contributed by atoms with Crippen LogP contribution in [0.5, 0.6) is 5.75 Å². The maximum absolute atomic E-state index is 12.6. The van der Waals surface area contributed by atoms with E-state index in [1.165, 1.54) is 0 Å². The number of hydrogen-bond donors (Lipinski definition) is 1. The summed E-state index contributed by atoms with van der Waals surface area (Å²) in [6.07, 6.45) is 1.71. The first-order valence-electron chi connectivity index (χ1n) is 9.43. The molecule has 0 atom stereocenters. The zero-order chi connectivity index (χ0) is 20.2. The van der Waals surface area contributed by atoms with Crippen molar-refractivity contribution in [3.8, 4) is 11.4 Å². The van der Waals surface area contributed by atoms with Crippen molar-refractivity contribution < 1.29 is 9.53 Å². The Morgan fingerprint density at radius 3 is 2.72 bits per heavy atom. The second-order valence-corrected chi connectivity index (χ2v) is 6.61. The minimum Gasteiger partial charge on any atom is -0.494 e. The van der Waals surface area contributed by atoms with Crippen LogP contribution < -0.4 is 10.1 Å². The van der Waals surface area contributed by atoms with Gasteiger partial charge in [0.05, 0.1) is 12.3 Å². The molecule has 1 amide bonds. The number of aryl methyl sites for hydroxylation is 1. The van der Waals surface area contributed by atoms with Crippen LogP contribution in [0.25, 0.3) is 16.9 Å². The molecule has 0 saturated carbocycles. The first-order valence-corrected chi connectivity index (χ1v) is 9.43. The Morgan fingerprint density at radius 1 is 1.14 bits per heavy atom. The summed E-state index contributed by atoms with van der Waals surface area (Å²) in [5.74, 6) is 0.694. The van der Waals surface area contributed by atoms with Gasteiger partial charge in [-0.1, -0.05) is 17.3 Å². The van der Waals surface area contributed by atoms with Gasteiger partial charge in [-0.15, -0.1) is 5.10 Å². The average Bonchev–Trinajstić information content (AvgIpc) is 3.17. The SMILES string of the molecule is CCOc1ccc(CNC(=O)c2ccc(-n3nnc4cccnc43)c(C)c2)cc1. The number of pyridine rings is 1. The van der Waals surface area contributed by atoms with E-state index in [1.807, 2.05) is 62.4 Å². The molecule has 7 heteroatoms. The Labute approximate surface area is 168 Å². The van der Waals surface area contributed by atoms with Crippen LogP contribution in [0.4, 0.5) is 0 Å². The molecule has 0 fully saturated rings. The van der Waals surface area contributed by atoms with Crippen molar-refractivity contribution >= 4 is 17.1 Å². The maximum Gasteiger partial charge on any atom is 0.251 e. The largest absolute Gasteiger partial charge is 0.494 e. The van der Waals surface area contributed by atoms with Crippen LogP contribution in [0.15, 0.2) is 60.8 Å². The zero-order valence-electron chi connectivity index (χ0n) is 16.3. The molecule has 2 aromatic carbocycles. The van der Waals surface area contributed by atoms with Gasteiger partial charge in [0.2, 0.25) is 0 Å². The minimum atomic E-state index is -0.130. The molecule has 0 saturated heterocycles. The fourth-order valence-electron chi connectivity index (χ4n) is 3.12. The number of amides is 1. The standard InChI is InChI=1S/C22H21N5O2/c1-3-29-18-9-6-16(7-10-18)14-24-22(28)17-8-11-20(15(2)13-17)27-21-19(25-26-27)5-4-12-23-21/h4-13H,3,14H2,1-2H3,(H,24,28). The summed E-state index contributed by atoms with van der Waals surface area (Å²) in [6.45, 7) is 4.97. The summed E-state index contributed by atoms with van der Waals surface area (Å²) in [7, 11) is 0. The lowest BCUT2D eigenvalue weighted by atomic mass is 10.1. The first-order chi connectivity index (χ1) is 14.2. The second kappa shape index (κ2) is 8.10. The highest BCUT2D eigenvalue weighted by Gasteiger charge is 2.12. The zero-order valence-corrected chi connectivity index (χ0v) is 16.3. The molecule has 2 aromatic heterocycles. The summed E-state index contributed by atoms with van der Waals surface area (Å²) >= 11 is 0. The Kier molecular flexibility index (Phi) is 5.20. The minimum absolute atomic E-state index is 0.130. The number of benzene rings is 2. The number of ether oxygens (including phenoxy) is 1. The number of rotatable bonds is 6. The number of aromatic nitrogens is 4. The first kappa shape index (κ1) is 18.6. The Bertz CT molecular complexity index is 1150. The van der Waals surface area contributed by atoms with Crippen molar-refractivity contribution in [2.45, 2.75) is 20.4 Å². The van der Waals surface area contributed by atoms with Crippen LogP contribution in [0, 0.1) is 6.92 Å². The van der Waals surface area contributed by atoms with Crippen molar-refractivity contribution in [2.24, 2.45) is 0 Å². The van der Waals surface area contributed by atoms with Crippen LogP contribution in [-0.4, -0.2) is 32.5 Å². The topological polar surface area (TPSA) is 81.9 Å². The van der Waals surface area contributed by atoms with Crippen LogP contribution in [0.1, 0.15) is 28.4 Å². The molecule has 2 heterocycles. The molecule has 1 N–H and O–H groups in total. The summed E-state index contributed by atoms with van der Waals surface area (Å²) in [6, 6.07) is 16.9. The number of nitrogens with one attached hydrogen (secondary N) is 1. The predicted octanol–water partition coefficient (Wildman–Crippen LogP) is 3.45. The monoisotopic (exact) mass is 387 g/mol. The second-order valence-electron chi connectivity index (χ2n) is 6.61. The molecule has 0 aliphatic carbocycles. The van der Waals surface area contributed by atoms with E-state index in [2.05, 4.69) is 20.6 Å². The van der Waals surface area contributed by atoms with Gasteiger partial charge in [0, 0.05) is 18.3 Å². The molecule has 0 aliphatic rings. The Morgan fingerprint density at radius 2 is 1.97 bits per heavy atom. The van der Waals surface area contributed by atoms with E-state index in [-0.39, 0.29) is 5.91 Å². The fraction of sp³-hybridized carbons (Fsp3) is 0.182. The van der Waals surface area contributed by atoms with Gasteiger partial charge in [0.15, 0.2) is 5.65 Å². The Balaban J connectivity index is 1.48. The van der Waals surface area contributed by atoms with Crippen molar-refractivity contribution in [2.75, 3.05) is 6.61 Å². The lowest BCUT2D eigenvalue weighted by molar-refractivity contribution is 0.0951. The van der Waals surface area contributed by atoms with E-state index < -0.39 is 0 Å². The van der Waals surface area contributed by atoms with Gasteiger partial charge in [0.25, 0.3) is 5.91 Å². The van der Waals surface area contributed by atoms with Gasteiger partial charge in [-0.3, -0.25) is 4.79 Å². The van der Waals surface area contributed by atoms with E-state index >= 15 is 0 Å². The predicted molar refractivity (Wildman–Crippen MR) is 110 cm³/mol.